The maximum Gasteiger partial charge on any atom is 0.0596 e. The van der Waals surface area contributed by atoms with Gasteiger partial charge < -0.3 is 5.11 Å². The van der Waals surface area contributed by atoms with Crippen LogP contribution in [0.1, 0.15) is 85.0 Å². The highest BCUT2D eigenvalue weighted by molar-refractivity contribution is 5.26. The van der Waals surface area contributed by atoms with Gasteiger partial charge in [-0.1, -0.05) is 38.8 Å². The topological polar surface area (TPSA) is 20.2 Å². The van der Waals surface area contributed by atoms with Crippen molar-refractivity contribution in [3.8, 4) is 0 Å². The number of rotatable bonds is 2. The van der Waals surface area contributed by atoms with Gasteiger partial charge in [-0.3, -0.25) is 0 Å². The number of hydrogen-bond donors (Lipinski definition) is 1. The molecule has 0 aromatic carbocycles. The number of fused-ring (bicyclic) bond motifs is 5. The van der Waals surface area contributed by atoms with Crippen molar-refractivity contribution in [3.05, 3.63) is 11.6 Å². The van der Waals surface area contributed by atoms with E-state index in [2.05, 4.69) is 26.8 Å². The van der Waals surface area contributed by atoms with Gasteiger partial charge in [-0.2, -0.15) is 0 Å². The average molecular weight is 317 g/mol. The van der Waals surface area contributed by atoms with E-state index in [0.29, 0.717) is 5.41 Å². The average Bonchev–Trinajstić information content (AvgIpc) is 2.83. The molecule has 0 heterocycles. The van der Waals surface area contributed by atoms with Crippen molar-refractivity contribution in [1.29, 1.82) is 0 Å². The molecule has 0 amide bonds. The lowest BCUT2D eigenvalue weighted by Gasteiger charge is -2.60. The highest BCUT2D eigenvalue weighted by Crippen LogP contribution is 2.66. The third kappa shape index (κ3) is 2.21. The van der Waals surface area contributed by atoms with E-state index in [1.54, 1.807) is 0 Å². The summed E-state index contributed by atoms with van der Waals surface area (Å²) in [6.45, 7) is 7.39. The van der Waals surface area contributed by atoms with Gasteiger partial charge in [0.2, 0.25) is 0 Å². The zero-order chi connectivity index (χ0) is 16.2. The monoisotopic (exact) mass is 316 g/mol. The molecule has 130 valence electrons. The first kappa shape index (κ1) is 16.2. The molecule has 0 aromatic rings. The smallest absolute Gasteiger partial charge is 0.0596 e. The fraction of sp³-hybridized carbons (Fsp3) is 0.909. The SMILES string of the molecule is CCC[C@@H]1CC2C(CCC3(C)C(O)CCC23)C2(C)CCCC=C12. The molecule has 0 saturated heterocycles. The second kappa shape index (κ2) is 5.61. The van der Waals surface area contributed by atoms with E-state index >= 15 is 0 Å². The molecule has 1 nitrogen and oxygen atoms in total. The maximum absolute atomic E-state index is 10.6. The van der Waals surface area contributed by atoms with E-state index in [-0.39, 0.29) is 11.5 Å². The van der Waals surface area contributed by atoms with Crippen LogP contribution in [0, 0.1) is 34.5 Å². The summed E-state index contributed by atoms with van der Waals surface area (Å²) in [4.78, 5) is 0. The van der Waals surface area contributed by atoms with Crippen molar-refractivity contribution < 1.29 is 5.11 Å². The minimum atomic E-state index is -0.0332. The highest BCUT2D eigenvalue weighted by Gasteiger charge is 2.59. The fourth-order valence-corrected chi connectivity index (χ4v) is 7.59. The summed E-state index contributed by atoms with van der Waals surface area (Å²) in [5, 5.41) is 10.6. The van der Waals surface area contributed by atoms with Gasteiger partial charge in [0.15, 0.2) is 0 Å². The van der Waals surface area contributed by atoms with Crippen LogP contribution in [0.15, 0.2) is 11.6 Å². The molecule has 6 unspecified atom stereocenters. The van der Waals surface area contributed by atoms with E-state index in [0.717, 1.165) is 30.1 Å². The second-order valence-corrected chi connectivity index (χ2v) is 9.70. The minimum absolute atomic E-state index is 0.0332. The molecule has 3 saturated carbocycles. The molecule has 4 aliphatic carbocycles. The molecule has 4 rings (SSSR count). The predicted molar refractivity (Wildman–Crippen MR) is 96.1 cm³/mol. The maximum atomic E-state index is 10.6. The zero-order valence-corrected chi connectivity index (χ0v) is 15.5. The third-order valence-corrected chi connectivity index (χ3v) is 8.76. The number of aliphatic hydroxyl groups excluding tert-OH is 1. The van der Waals surface area contributed by atoms with Gasteiger partial charge in [-0.05, 0) is 92.3 Å². The molecule has 0 bridgehead atoms. The Labute approximate surface area is 142 Å². The number of aliphatic hydroxyl groups is 1. The van der Waals surface area contributed by atoms with Crippen molar-refractivity contribution in [2.24, 2.45) is 34.5 Å². The minimum Gasteiger partial charge on any atom is -0.393 e. The van der Waals surface area contributed by atoms with Crippen molar-refractivity contribution in [3.63, 3.8) is 0 Å². The first-order chi connectivity index (χ1) is 11.0. The van der Waals surface area contributed by atoms with Gasteiger partial charge in [0.05, 0.1) is 6.10 Å². The van der Waals surface area contributed by atoms with E-state index in [1.807, 2.05) is 5.57 Å². The van der Waals surface area contributed by atoms with E-state index in [9.17, 15) is 5.11 Å². The van der Waals surface area contributed by atoms with Gasteiger partial charge in [-0.25, -0.2) is 0 Å². The van der Waals surface area contributed by atoms with Crippen LogP contribution in [0.5, 0.6) is 0 Å². The van der Waals surface area contributed by atoms with Gasteiger partial charge in [-0.15, -0.1) is 0 Å². The first-order valence-corrected chi connectivity index (χ1v) is 10.4. The van der Waals surface area contributed by atoms with Crippen LogP contribution >= 0.6 is 0 Å². The van der Waals surface area contributed by atoms with Crippen LogP contribution in [-0.2, 0) is 0 Å². The summed E-state index contributed by atoms with van der Waals surface area (Å²) < 4.78 is 0. The molecule has 0 radical (unpaired) electrons. The van der Waals surface area contributed by atoms with Crippen LogP contribution in [0.2, 0.25) is 0 Å². The molecule has 0 aromatic heterocycles. The van der Waals surface area contributed by atoms with Crippen LogP contribution in [-0.4, -0.2) is 11.2 Å². The zero-order valence-electron chi connectivity index (χ0n) is 15.5. The van der Waals surface area contributed by atoms with Crippen LogP contribution in [0.4, 0.5) is 0 Å². The lowest BCUT2D eigenvalue weighted by atomic mass is 9.45. The molecule has 0 spiro atoms. The Balaban J connectivity index is 1.71. The third-order valence-electron chi connectivity index (χ3n) is 8.76. The van der Waals surface area contributed by atoms with Crippen molar-refractivity contribution in [2.75, 3.05) is 0 Å². The molecular formula is C22H36O. The summed E-state index contributed by atoms with van der Waals surface area (Å²) >= 11 is 0. The quantitative estimate of drug-likeness (QED) is 0.645. The first-order valence-electron chi connectivity index (χ1n) is 10.4. The highest BCUT2D eigenvalue weighted by atomic mass is 16.3. The van der Waals surface area contributed by atoms with Crippen LogP contribution in [0.25, 0.3) is 0 Å². The molecule has 1 N–H and O–H groups in total. The summed E-state index contributed by atoms with van der Waals surface area (Å²) in [6.07, 6.45) is 15.9. The standard InChI is InChI=1S/C22H36O/c1-4-7-15-14-16-18-9-10-20(23)22(18,3)13-11-19(16)21(2)12-6-5-8-17(15)21/h8,15-16,18-20,23H,4-7,9-14H2,1-3H3/t15-,16?,18?,19?,20?,21?,22?/m1/s1. The van der Waals surface area contributed by atoms with Crippen molar-refractivity contribution in [1.82, 2.24) is 0 Å². The van der Waals surface area contributed by atoms with Gasteiger partial charge in [0.25, 0.3) is 0 Å². The summed E-state index contributed by atoms with van der Waals surface area (Å²) in [6, 6.07) is 0. The summed E-state index contributed by atoms with van der Waals surface area (Å²) in [5.41, 5.74) is 2.56. The predicted octanol–water partition coefficient (Wildman–Crippen LogP) is 5.73. The number of allylic oxidation sites excluding steroid dienone is 2. The van der Waals surface area contributed by atoms with Crippen LogP contribution in [0.3, 0.4) is 0 Å². The van der Waals surface area contributed by atoms with Gasteiger partial charge >= 0.3 is 0 Å². The van der Waals surface area contributed by atoms with E-state index < -0.39 is 0 Å². The molecular weight excluding hydrogens is 280 g/mol. The summed E-state index contributed by atoms with van der Waals surface area (Å²) in [7, 11) is 0. The molecule has 7 atom stereocenters. The van der Waals surface area contributed by atoms with Crippen molar-refractivity contribution in [2.45, 2.75) is 91.1 Å². The molecule has 0 aliphatic heterocycles. The Kier molecular flexibility index (Phi) is 3.95. The lowest BCUT2D eigenvalue weighted by molar-refractivity contribution is -0.0831. The Morgan fingerprint density at radius 1 is 1.13 bits per heavy atom. The normalized spacial score (nSPS) is 52.3. The fourth-order valence-electron chi connectivity index (χ4n) is 7.59. The molecule has 23 heavy (non-hydrogen) atoms. The Hall–Kier alpha value is -0.300. The van der Waals surface area contributed by atoms with E-state index in [4.69, 9.17) is 0 Å². The number of hydrogen-bond acceptors (Lipinski definition) is 1. The van der Waals surface area contributed by atoms with Gasteiger partial charge in [0.1, 0.15) is 0 Å². The molecule has 1 heteroatoms. The Morgan fingerprint density at radius 2 is 1.96 bits per heavy atom. The van der Waals surface area contributed by atoms with Gasteiger partial charge in [0, 0.05) is 0 Å². The van der Waals surface area contributed by atoms with Crippen LogP contribution < -0.4 is 0 Å². The molecule has 3 fully saturated rings. The Bertz CT molecular complexity index is 494. The van der Waals surface area contributed by atoms with E-state index in [1.165, 1.54) is 57.8 Å². The largest absolute Gasteiger partial charge is 0.393 e. The Morgan fingerprint density at radius 3 is 2.74 bits per heavy atom. The summed E-state index contributed by atoms with van der Waals surface area (Å²) in [5.74, 6) is 3.40. The lowest BCUT2D eigenvalue weighted by Crippen LogP contribution is -2.52. The molecule has 4 aliphatic rings. The van der Waals surface area contributed by atoms with Crippen molar-refractivity contribution >= 4 is 0 Å². The second-order valence-electron chi connectivity index (χ2n) is 9.70.